The Morgan fingerprint density at radius 2 is 1.81 bits per heavy atom. The number of carboxylic acid groups (broad SMARTS) is 1. The van der Waals surface area contributed by atoms with Gasteiger partial charge in [-0.15, -0.1) is 0 Å². The van der Waals surface area contributed by atoms with Crippen LogP contribution in [0.25, 0.3) is 10.8 Å². The smallest absolute Gasteiger partial charge is 0.308 e. The molecule has 1 N–H and O–H groups in total. The SMILES string of the molecule is COc1ccc2cc(C(C)C(=O)N(CC(C)C(=O)O)C3CC3)ccc2c1. The maximum Gasteiger partial charge on any atom is 0.308 e. The van der Waals surface area contributed by atoms with Gasteiger partial charge in [-0.05, 0) is 48.2 Å². The maximum absolute atomic E-state index is 13.0. The zero-order valence-electron chi connectivity index (χ0n) is 15.4. The number of ether oxygens (including phenoxy) is 1. The molecule has 138 valence electrons. The minimum atomic E-state index is -0.865. The van der Waals surface area contributed by atoms with E-state index in [1.807, 2.05) is 43.3 Å². The number of carbonyl (C=O) groups is 2. The van der Waals surface area contributed by atoms with E-state index in [2.05, 4.69) is 0 Å². The van der Waals surface area contributed by atoms with Crippen LogP contribution in [0.4, 0.5) is 0 Å². The van der Waals surface area contributed by atoms with Crippen molar-refractivity contribution in [2.24, 2.45) is 5.92 Å². The number of rotatable bonds is 7. The van der Waals surface area contributed by atoms with Crippen LogP contribution < -0.4 is 4.74 Å². The molecular weight excluding hydrogens is 330 g/mol. The standard InChI is InChI=1S/C21H25NO4/c1-13(21(24)25)12-22(18-7-8-18)20(23)14(2)15-4-5-17-11-19(26-3)9-6-16(17)10-15/h4-6,9-11,13-14,18H,7-8,12H2,1-3H3,(H,24,25). The summed E-state index contributed by atoms with van der Waals surface area (Å²) >= 11 is 0. The number of benzene rings is 2. The van der Waals surface area contributed by atoms with Crippen LogP contribution in [0.1, 0.15) is 38.2 Å². The first-order chi connectivity index (χ1) is 12.4. The number of hydrogen-bond acceptors (Lipinski definition) is 3. The highest BCUT2D eigenvalue weighted by atomic mass is 16.5. The number of methoxy groups -OCH3 is 1. The number of carboxylic acids is 1. The minimum Gasteiger partial charge on any atom is -0.497 e. The number of nitrogens with zero attached hydrogens (tertiary/aromatic N) is 1. The summed E-state index contributed by atoms with van der Waals surface area (Å²) in [7, 11) is 1.64. The Morgan fingerprint density at radius 3 is 2.42 bits per heavy atom. The molecule has 0 spiro atoms. The van der Waals surface area contributed by atoms with Crippen LogP contribution in [-0.2, 0) is 9.59 Å². The van der Waals surface area contributed by atoms with Crippen molar-refractivity contribution < 1.29 is 19.4 Å². The largest absolute Gasteiger partial charge is 0.497 e. The Kier molecular flexibility index (Phi) is 5.16. The third-order valence-electron chi connectivity index (χ3n) is 5.10. The van der Waals surface area contributed by atoms with Gasteiger partial charge in [0.2, 0.25) is 5.91 Å². The first-order valence-electron chi connectivity index (χ1n) is 9.01. The highest BCUT2D eigenvalue weighted by Gasteiger charge is 2.36. The molecule has 0 radical (unpaired) electrons. The third kappa shape index (κ3) is 3.82. The van der Waals surface area contributed by atoms with Crippen LogP contribution in [0.15, 0.2) is 36.4 Å². The molecule has 0 heterocycles. The zero-order valence-corrected chi connectivity index (χ0v) is 15.4. The molecule has 26 heavy (non-hydrogen) atoms. The average molecular weight is 355 g/mol. The molecule has 1 saturated carbocycles. The Hall–Kier alpha value is -2.56. The summed E-state index contributed by atoms with van der Waals surface area (Å²) in [4.78, 5) is 26.0. The molecule has 3 rings (SSSR count). The molecular formula is C21H25NO4. The Labute approximate surface area is 153 Å². The van der Waals surface area contributed by atoms with Gasteiger partial charge >= 0.3 is 5.97 Å². The van der Waals surface area contributed by atoms with E-state index in [1.54, 1.807) is 18.9 Å². The second-order valence-corrected chi connectivity index (χ2v) is 7.16. The summed E-state index contributed by atoms with van der Waals surface area (Å²) in [6.45, 7) is 3.82. The fourth-order valence-electron chi connectivity index (χ4n) is 3.21. The van der Waals surface area contributed by atoms with E-state index in [1.165, 1.54) is 0 Å². The molecule has 1 aliphatic rings. The predicted molar refractivity (Wildman–Crippen MR) is 100 cm³/mol. The van der Waals surface area contributed by atoms with Crippen molar-refractivity contribution in [3.05, 3.63) is 42.0 Å². The molecule has 0 saturated heterocycles. The van der Waals surface area contributed by atoms with Crippen molar-refractivity contribution in [3.8, 4) is 5.75 Å². The van der Waals surface area contributed by atoms with Crippen LogP contribution in [0.3, 0.4) is 0 Å². The monoisotopic (exact) mass is 355 g/mol. The predicted octanol–water partition coefficient (Wildman–Crippen LogP) is 3.66. The molecule has 1 aliphatic carbocycles. The molecule has 5 heteroatoms. The van der Waals surface area contributed by atoms with Gasteiger partial charge in [0, 0.05) is 12.6 Å². The maximum atomic E-state index is 13.0. The van der Waals surface area contributed by atoms with Crippen LogP contribution in [0.2, 0.25) is 0 Å². The van der Waals surface area contributed by atoms with Crippen LogP contribution in [0, 0.1) is 5.92 Å². The van der Waals surface area contributed by atoms with Gasteiger partial charge in [-0.2, -0.15) is 0 Å². The molecule has 5 nitrogen and oxygen atoms in total. The number of carbonyl (C=O) groups excluding carboxylic acids is 1. The summed E-state index contributed by atoms with van der Waals surface area (Å²) in [6.07, 6.45) is 1.92. The van der Waals surface area contributed by atoms with Crippen molar-refractivity contribution >= 4 is 22.6 Å². The zero-order chi connectivity index (χ0) is 18.8. The van der Waals surface area contributed by atoms with Crippen molar-refractivity contribution in [2.45, 2.75) is 38.6 Å². The number of fused-ring (bicyclic) bond motifs is 1. The van der Waals surface area contributed by atoms with Crippen LogP contribution >= 0.6 is 0 Å². The highest BCUT2D eigenvalue weighted by Crippen LogP contribution is 2.32. The van der Waals surface area contributed by atoms with Crippen molar-refractivity contribution in [2.75, 3.05) is 13.7 Å². The molecule has 2 aromatic carbocycles. The lowest BCUT2D eigenvalue weighted by atomic mass is 9.96. The van der Waals surface area contributed by atoms with Gasteiger partial charge in [0.25, 0.3) is 0 Å². The van der Waals surface area contributed by atoms with E-state index in [0.717, 1.165) is 34.9 Å². The van der Waals surface area contributed by atoms with Crippen LogP contribution in [-0.4, -0.2) is 41.6 Å². The summed E-state index contributed by atoms with van der Waals surface area (Å²) in [5, 5.41) is 11.3. The van der Waals surface area contributed by atoms with E-state index in [9.17, 15) is 14.7 Å². The molecule has 0 aromatic heterocycles. The van der Waals surface area contributed by atoms with Gasteiger partial charge in [-0.3, -0.25) is 9.59 Å². The summed E-state index contributed by atoms with van der Waals surface area (Å²) < 4.78 is 5.25. The molecule has 1 fully saturated rings. The van der Waals surface area contributed by atoms with Gasteiger partial charge in [-0.25, -0.2) is 0 Å². The lowest BCUT2D eigenvalue weighted by molar-refractivity contribution is -0.143. The quantitative estimate of drug-likeness (QED) is 0.823. The van der Waals surface area contributed by atoms with E-state index < -0.39 is 11.9 Å². The minimum absolute atomic E-state index is 0.00783. The van der Waals surface area contributed by atoms with Crippen molar-refractivity contribution in [3.63, 3.8) is 0 Å². The lowest BCUT2D eigenvalue weighted by Crippen LogP contribution is -2.40. The third-order valence-corrected chi connectivity index (χ3v) is 5.10. The molecule has 0 bridgehead atoms. The number of hydrogen-bond donors (Lipinski definition) is 1. The van der Waals surface area contributed by atoms with Crippen molar-refractivity contribution in [1.82, 2.24) is 4.90 Å². The number of amides is 1. The normalized spacial score (nSPS) is 16.1. The summed E-state index contributed by atoms with van der Waals surface area (Å²) in [5.41, 5.74) is 0.946. The van der Waals surface area contributed by atoms with Crippen molar-refractivity contribution in [1.29, 1.82) is 0 Å². The van der Waals surface area contributed by atoms with Gasteiger partial charge in [0.05, 0.1) is 18.9 Å². The first kappa shape index (κ1) is 18.2. The van der Waals surface area contributed by atoms with E-state index in [-0.39, 0.29) is 24.4 Å². The highest BCUT2D eigenvalue weighted by molar-refractivity contribution is 5.88. The summed E-state index contributed by atoms with van der Waals surface area (Å²) in [5.74, 6) is -0.917. The van der Waals surface area contributed by atoms with Gasteiger partial charge in [0.15, 0.2) is 0 Å². The number of aliphatic carboxylic acids is 1. The molecule has 1 amide bonds. The van der Waals surface area contributed by atoms with E-state index in [4.69, 9.17) is 4.74 Å². The molecule has 2 atom stereocenters. The van der Waals surface area contributed by atoms with E-state index in [0.29, 0.717) is 0 Å². The fourth-order valence-corrected chi connectivity index (χ4v) is 3.21. The van der Waals surface area contributed by atoms with Gasteiger partial charge < -0.3 is 14.7 Å². The van der Waals surface area contributed by atoms with Crippen LogP contribution in [0.5, 0.6) is 5.75 Å². The summed E-state index contributed by atoms with van der Waals surface area (Å²) in [6, 6.07) is 12.1. The topological polar surface area (TPSA) is 66.8 Å². The average Bonchev–Trinajstić information content (AvgIpc) is 3.48. The molecule has 2 unspecified atom stereocenters. The second kappa shape index (κ2) is 7.36. The molecule has 2 aromatic rings. The Morgan fingerprint density at radius 1 is 1.15 bits per heavy atom. The molecule has 0 aliphatic heterocycles. The Balaban J connectivity index is 1.82. The fraction of sp³-hybridized carbons (Fsp3) is 0.429. The Bertz CT molecular complexity index is 828. The van der Waals surface area contributed by atoms with Gasteiger partial charge in [0.1, 0.15) is 5.75 Å². The lowest BCUT2D eigenvalue weighted by Gasteiger charge is -2.27. The first-order valence-corrected chi connectivity index (χ1v) is 9.01. The second-order valence-electron chi connectivity index (χ2n) is 7.16. The van der Waals surface area contributed by atoms with E-state index >= 15 is 0 Å². The van der Waals surface area contributed by atoms with Gasteiger partial charge in [-0.1, -0.05) is 31.2 Å².